The van der Waals surface area contributed by atoms with Gasteiger partial charge >= 0.3 is 6.16 Å². The molecule has 0 N–H and O–H groups in total. The SMILES string of the molecule is CCOC(=O)Oc1c2c(C)cccc2cc2cccc(C)c12. The molecule has 0 radical (unpaired) electrons. The van der Waals surface area contributed by atoms with Crippen LogP contribution in [0.5, 0.6) is 5.75 Å². The van der Waals surface area contributed by atoms with E-state index in [-0.39, 0.29) is 0 Å². The topological polar surface area (TPSA) is 35.5 Å². The summed E-state index contributed by atoms with van der Waals surface area (Å²) in [5.41, 5.74) is 2.14. The Balaban J connectivity index is 2.37. The lowest BCUT2D eigenvalue weighted by Crippen LogP contribution is -2.11. The number of ether oxygens (including phenoxy) is 2. The first-order valence-corrected chi connectivity index (χ1v) is 7.38. The van der Waals surface area contributed by atoms with E-state index in [1.807, 2.05) is 50.2 Å². The predicted molar refractivity (Wildman–Crippen MR) is 88.6 cm³/mol. The number of carbonyl (C=O) groups excluding carboxylic acids is 1. The minimum atomic E-state index is -0.664. The summed E-state index contributed by atoms with van der Waals surface area (Å²) in [6, 6.07) is 14.2. The molecule has 0 aromatic heterocycles. The summed E-state index contributed by atoms with van der Waals surface area (Å²) >= 11 is 0. The van der Waals surface area contributed by atoms with Gasteiger partial charge < -0.3 is 9.47 Å². The summed E-state index contributed by atoms with van der Waals surface area (Å²) in [7, 11) is 0. The van der Waals surface area contributed by atoms with Crippen molar-refractivity contribution in [1.29, 1.82) is 0 Å². The fourth-order valence-electron chi connectivity index (χ4n) is 2.87. The summed E-state index contributed by atoms with van der Waals surface area (Å²) in [6.45, 7) is 6.09. The van der Waals surface area contributed by atoms with Crippen molar-refractivity contribution in [3.63, 3.8) is 0 Å². The van der Waals surface area contributed by atoms with Crippen LogP contribution in [0.2, 0.25) is 0 Å². The van der Waals surface area contributed by atoms with Crippen LogP contribution in [0.15, 0.2) is 42.5 Å². The highest BCUT2D eigenvalue weighted by molar-refractivity contribution is 6.08. The zero-order chi connectivity index (χ0) is 15.7. The van der Waals surface area contributed by atoms with Crippen molar-refractivity contribution in [3.05, 3.63) is 53.6 Å². The van der Waals surface area contributed by atoms with Gasteiger partial charge in [0.2, 0.25) is 0 Å². The zero-order valence-electron chi connectivity index (χ0n) is 13.0. The summed E-state index contributed by atoms with van der Waals surface area (Å²) in [6.07, 6.45) is -0.664. The Hall–Kier alpha value is -2.55. The maximum Gasteiger partial charge on any atom is 0.513 e. The Labute approximate surface area is 129 Å². The van der Waals surface area contributed by atoms with Gasteiger partial charge in [-0.25, -0.2) is 4.79 Å². The molecular formula is C19H18O3. The summed E-state index contributed by atoms with van der Waals surface area (Å²) in [5, 5.41) is 4.02. The second-order valence-electron chi connectivity index (χ2n) is 5.34. The molecule has 3 nitrogen and oxygen atoms in total. The highest BCUT2D eigenvalue weighted by Gasteiger charge is 2.16. The number of fused-ring (bicyclic) bond motifs is 2. The van der Waals surface area contributed by atoms with Crippen LogP contribution in [-0.2, 0) is 4.74 Å². The molecule has 0 aliphatic rings. The van der Waals surface area contributed by atoms with Crippen LogP contribution in [0.3, 0.4) is 0 Å². The Kier molecular flexibility index (Phi) is 3.72. The fourth-order valence-corrected chi connectivity index (χ4v) is 2.87. The maximum absolute atomic E-state index is 11.9. The van der Waals surface area contributed by atoms with E-state index in [0.29, 0.717) is 12.4 Å². The number of hydrogen-bond acceptors (Lipinski definition) is 3. The first-order valence-electron chi connectivity index (χ1n) is 7.38. The lowest BCUT2D eigenvalue weighted by atomic mass is 9.96. The van der Waals surface area contributed by atoms with Crippen molar-refractivity contribution in [2.45, 2.75) is 20.8 Å². The molecule has 0 bridgehead atoms. The van der Waals surface area contributed by atoms with Crippen LogP contribution < -0.4 is 4.74 Å². The highest BCUT2D eigenvalue weighted by atomic mass is 16.7. The number of aryl methyl sites for hydroxylation is 2. The summed E-state index contributed by atoms with van der Waals surface area (Å²) in [5.74, 6) is 0.585. The molecule has 0 saturated carbocycles. The highest BCUT2D eigenvalue weighted by Crippen LogP contribution is 2.38. The van der Waals surface area contributed by atoms with Gasteiger partial charge in [-0.1, -0.05) is 36.4 Å². The first-order chi connectivity index (χ1) is 10.6. The molecule has 3 heteroatoms. The van der Waals surface area contributed by atoms with E-state index in [1.54, 1.807) is 6.92 Å². The summed E-state index contributed by atoms with van der Waals surface area (Å²) in [4.78, 5) is 11.9. The van der Waals surface area contributed by atoms with Crippen LogP contribution in [0.1, 0.15) is 18.1 Å². The molecule has 3 aromatic rings. The Morgan fingerprint density at radius 2 is 1.50 bits per heavy atom. The molecule has 0 aliphatic carbocycles. The smallest absolute Gasteiger partial charge is 0.434 e. The average Bonchev–Trinajstić information content (AvgIpc) is 2.47. The Morgan fingerprint density at radius 1 is 0.955 bits per heavy atom. The zero-order valence-corrected chi connectivity index (χ0v) is 13.0. The third kappa shape index (κ3) is 2.39. The fraction of sp³-hybridized carbons (Fsp3) is 0.211. The first kappa shape index (κ1) is 14.4. The maximum atomic E-state index is 11.9. The van der Waals surface area contributed by atoms with Gasteiger partial charge in [-0.15, -0.1) is 0 Å². The molecule has 22 heavy (non-hydrogen) atoms. The minimum absolute atomic E-state index is 0.291. The molecule has 3 rings (SSSR count). The van der Waals surface area contributed by atoms with Crippen LogP contribution in [-0.4, -0.2) is 12.8 Å². The van der Waals surface area contributed by atoms with Crippen LogP contribution in [0.25, 0.3) is 21.5 Å². The molecular weight excluding hydrogens is 276 g/mol. The standard InChI is InChI=1S/C19H18O3/c1-4-21-19(20)22-18-16-12(2)7-5-9-14(16)11-15-10-6-8-13(3)17(15)18/h5-11H,4H2,1-3H3. The van der Waals surface area contributed by atoms with E-state index in [9.17, 15) is 4.79 Å². The van der Waals surface area contributed by atoms with Crippen molar-refractivity contribution in [2.24, 2.45) is 0 Å². The van der Waals surface area contributed by atoms with Gasteiger partial charge in [0.05, 0.1) is 6.61 Å². The van der Waals surface area contributed by atoms with Crippen molar-refractivity contribution in [2.75, 3.05) is 6.61 Å². The van der Waals surface area contributed by atoms with Gasteiger partial charge in [0, 0.05) is 10.8 Å². The molecule has 0 aliphatic heterocycles. The van der Waals surface area contributed by atoms with Crippen molar-refractivity contribution in [1.82, 2.24) is 0 Å². The number of rotatable bonds is 2. The van der Waals surface area contributed by atoms with Crippen LogP contribution >= 0.6 is 0 Å². The van der Waals surface area contributed by atoms with Gasteiger partial charge in [0.15, 0.2) is 5.75 Å². The van der Waals surface area contributed by atoms with E-state index in [2.05, 4.69) is 6.07 Å². The molecule has 0 atom stereocenters. The van der Waals surface area contributed by atoms with E-state index >= 15 is 0 Å². The van der Waals surface area contributed by atoms with E-state index < -0.39 is 6.16 Å². The minimum Gasteiger partial charge on any atom is -0.434 e. The van der Waals surface area contributed by atoms with E-state index in [1.165, 1.54) is 0 Å². The van der Waals surface area contributed by atoms with E-state index in [4.69, 9.17) is 9.47 Å². The third-order valence-corrected chi connectivity index (χ3v) is 3.82. The third-order valence-electron chi connectivity index (χ3n) is 3.82. The largest absolute Gasteiger partial charge is 0.513 e. The molecule has 112 valence electrons. The molecule has 3 aromatic carbocycles. The molecule has 0 unspecified atom stereocenters. The van der Waals surface area contributed by atoms with Gasteiger partial charge in [-0.05, 0) is 48.7 Å². The van der Waals surface area contributed by atoms with Crippen LogP contribution in [0.4, 0.5) is 4.79 Å². The van der Waals surface area contributed by atoms with Crippen molar-refractivity contribution in [3.8, 4) is 5.75 Å². The molecule has 0 spiro atoms. The number of benzene rings is 3. The number of carbonyl (C=O) groups is 1. The lowest BCUT2D eigenvalue weighted by Gasteiger charge is -2.14. The molecule has 0 saturated heterocycles. The second-order valence-corrected chi connectivity index (χ2v) is 5.34. The van der Waals surface area contributed by atoms with Gasteiger partial charge in [0.25, 0.3) is 0 Å². The molecule has 0 amide bonds. The lowest BCUT2D eigenvalue weighted by molar-refractivity contribution is 0.105. The Bertz CT molecular complexity index is 805. The van der Waals surface area contributed by atoms with Gasteiger partial charge in [-0.2, -0.15) is 0 Å². The van der Waals surface area contributed by atoms with Gasteiger partial charge in [0.1, 0.15) is 0 Å². The Morgan fingerprint density at radius 3 is 2.00 bits per heavy atom. The second kappa shape index (κ2) is 5.68. The van der Waals surface area contributed by atoms with Crippen molar-refractivity contribution < 1.29 is 14.3 Å². The van der Waals surface area contributed by atoms with Crippen molar-refractivity contribution >= 4 is 27.7 Å². The molecule has 0 heterocycles. The number of hydrogen-bond donors (Lipinski definition) is 0. The quantitative estimate of drug-likeness (QED) is 0.373. The van der Waals surface area contributed by atoms with E-state index in [0.717, 1.165) is 32.7 Å². The average molecular weight is 294 g/mol. The molecule has 0 fully saturated rings. The summed E-state index contributed by atoms with van der Waals surface area (Å²) < 4.78 is 10.5. The van der Waals surface area contributed by atoms with Crippen LogP contribution in [0, 0.1) is 13.8 Å². The predicted octanol–water partition coefficient (Wildman–Crippen LogP) is 5.15. The monoisotopic (exact) mass is 294 g/mol. The normalized spacial score (nSPS) is 10.9. The van der Waals surface area contributed by atoms with Gasteiger partial charge in [-0.3, -0.25) is 0 Å².